The van der Waals surface area contributed by atoms with Crippen LogP contribution in [-0.2, 0) is 0 Å². The summed E-state index contributed by atoms with van der Waals surface area (Å²) in [7, 11) is 0. The molecule has 0 saturated carbocycles. The van der Waals surface area contributed by atoms with Crippen LogP contribution in [0.5, 0.6) is 0 Å². The first-order valence-electron chi connectivity index (χ1n) is 6.10. The molecule has 0 bridgehead atoms. The molecule has 3 aromatic rings. The number of benzene rings is 1. The molecule has 2 N–H and O–H groups in total. The molecule has 1 aromatic carbocycles. The molecule has 0 aliphatic carbocycles. The molecule has 0 aliphatic rings. The molecule has 21 heavy (non-hydrogen) atoms. The number of nitrogens with one attached hydrogen (secondary N) is 2. The van der Waals surface area contributed by atoms with Crippen LogP contribution in [0, 0.1) is 12.7 Å². The molecule has 7 heteroatoms. The van der Waals surface area contributed by atoms with E-state index in [4.69, 9.17) is 0 Å². The highest BCUT2D eigenvalue weighted by Gasteiger charge is 2.18. The fourth-order valence-electron chi connectivity index (χ4n) is 1.99. The zero-order valence-corrected chi connectivity index (χ0v) is 11.8. The molecule has 1 amide bonds. The van der Waals surface area contributed by atoms with Gasteiger partial charge in [0, 0.05) is 0 Å². The van der Waals surface area contributed by atoms with Gasteiger partial charge in [-0.15, -0.1) is 11.3 Å². The summed E-state index contributed by atoms with van der Waals surface area (Å²) in [6, 6.07) is 5.91. The Hall–Kier alpha value is -2.54. The lowest BCUT2D eigenvalue weighted by molar-refractivity contribution is 0.102. The van der Waals surface area contributed by atoms with Gasteiger partial charge in [-0.25, -0.2) is 9.37 Å². The first kappa shape index (κ1) is 13.4. The number of H-pyrrole nitrogens is 1. The van der Waals surface area contributed by atoms with Gasteiger partial charge in [-0.05, 0) is 24.6 Å². The second-order valence-electron chi connectivity index (χ2n) is 4.40. The second-order valence-corrected chi connectivity index (χ2v) is 5.42. The summed E-state index contributed by atoms with van der Waals surface area (Å²) in [4.78, 5) is 30.8. The van der Waals surface area contributed by atoms with Crippen molar-refractivity contribution in [2.24, 2.45) is 0 Å². The van der Waals surface area contributed by atoms with Crippen LogP contribution < -0.4 is 10.9 Å². The smallest absolute Gasteiger partial charge is 0.268 e. The molecule has 3 rings (SSSR count). The average molecular weight is 303 g/mol. The van der Waals surface area contributed by atoms with E-state index in [9.17, 15) is 14.0 Å². The van der Waals surface area contributed by atoms with E-state index in [1.54, 1.807) is 19.1 Å². The van der Waals surface area contributed by atoms with Crippen LogP contribution >= 0.6 is 11.3 Å². The summed E-state index contributed by atoms with van der Waals surface area (Å²) in [6.45, 7) is 1.71. The third-order valence-corrected chi connectivity index (χ3v) is 4.32. The number of aryl methyl sites for hydroxylation is 1. The van der Waals surface area contributed by atoms with E-state index in [2.05, 4.69) is 15.3 Å². The third kappa shape index (κ3) is 2.31. The van der Waals surface area contributed by atoms with Crippen LogP contribution in [0.15, 0.2) is 35.4 Å². The van der Waals surface area contributed by atoms with Crippen molar-refractivity contribution < 1.29 is 9.18 Å². The molecular formula is C14H10FN3O2S. The number of carbonyl (C=O) groups is 1. The van der Waals surface area contributed by atoms with Crippen molar-refractivity contribution in [1.82, 2.24) is 9.97 Å². The van der Waals surface area contributed by atoms with Crippen LogP contribution in [-0.4, -0.2) is 15.9 Å². The highest BCUT2D eigenvalue weighted by atomic mass is 32.1. The van der Waals surface area contributed by atoms with E-state index in [0.717, 1.165) is 11.3 Å². The number of nitrogens with zero attached hydrogens (tertiary/aromatic N) is 1. The Labute approximate surface area is 122 Å². The van der Waals surface area contributed by atoms with Crippen LogP contribution in [0.25, 0.3) is 10.2 Å². The van der Waals surface area contributed by atoms with Crippen LogP contribution in [0.1, 0.15) is 15.2 Å². The first-order chi connectivity index (χ1) is 10.1. The van der Waals surface area contributed by atoms with E-state index >= 15 is 0 Å². The lowest BCUT2D eigenvalue weighted by Gasteiger charge is -2.05. The summed E-state index contributed by atoms with van der Waals surface area (Å²) < 4.78 is 13.9. The Bertz CT molecular complexity index is 901. The SMILES string of the molecule is Cc1c(C(=O)Nc2ccccc2F)sc2c(=O)[nH]cnc12. The summed E-state index contributed by atoms with van der Waals surface area (Å²) in [6.07, 6.45) is 1.29. The van der Waals surface area contributed by atoms with Crippen molar-refractivity contribution in [3.05, 3.63) is 57.2 Å². The number of thiophene rings is 1. The minimum atomic E-state index is -0.513. The highest BCUT2D eigenvalue weighted by molar-refractivity contribution is 7.21. The first-order valence-corrected chi connectivity index (χ1v) is 6.92. The number of aromatic nitrogens is 2. The molecule has 0 saturated heterocycles. The lowest BCUT2D eigenvalue weighted by atomic mass is 10.2. The number of hydrogen-bond donors (Lipinski definition) is 2. The Morgan fingerprint density at radius 1 is 1.38 bits per heavy atom. The zero-order valence-electron chi connectivity index (χ0n) is 10.9. The quantitative estimate of drug-likeness (QED) is 0.764. The Morgan fingerprint density at radius 3 is 2.86 bits per heavy atom. The van der Waals surface area contributed by atoms with Gasteiger partial charge in [0.05, 0.1) is 22.4 Å². The van der Waals surface area contributed by atoms with Gasteiger partial charge in [-0.3, -0.25) is 9.59 Å². The number of halogens is 1. The number of fused-ring (bicyclic) bond motifs is 1. The van der Waals surface area contributed by atoms with Gasteiger partial charge in [0.1, 0.15) is 10.5 Å². The largest absolute Gasteiger partial charge is 0.319 e. The fourth-order valence-corrected chi connectivity index (χ4v) is 3.05. The highest BCUT2D eigenvalue weighted by Crippen LogP contribution is 2.27. The third-order valence-electron chi connectivity index (χ3n) is 3.04. The molecule has 0 spiro atoms. The van der Waals surface area contributed by atoms with E-state index < -0.39 is 11.7 Å². The minimum absolute atomic E-state index is 0.0984. The standard InChI is InChI=1S/C14H10FN3O2S/c1-7-10-12(13(19)17-6-16-10)21-11(7)14(20)18-9-5-3-2-4-8(9)15/h2-6H,1H3,(H,18,20)(H,16,17,19). The lowest BCUT2D eigenvalue weighted by Crippen LogP contribution is -2.12. The van der Waals surface area contributed by atoms with E-state index in [1.807, 2.05) is 0 Å². The molecule has 0 fully saturated rings. The van der Waals surface area contributed by atoms with Crippen LogP contribution in [0.4, 0.5) is 10.1 Å². The predicted molar refractivity (Wildman–Crippen MR) is 79.3 cm³/mol. The van der Waals surface area contributed by atoms with Gasteiger partial charge in [0.2, 0.25) is 0 Å². The minimum Gasteiger partial charge on any atom is -0.319 e. The van der Waals surface area contributed by atoms with Gasteiger partial charge < -0.3 is 10.3 Å². The van der Waals surface area contributed by atoms with Crippen LogP contribution in [0.2, 0.25) is 0 Å². The van der Waals surface area contributed by atoms with Crippen molar-refractivity contribution in [1.29, 1.82) is 0 Å². The molecule has 0 atom stereocenters. The molecule has 106 valence electrons. The van der Waals surface area contributed by atoms with Gasteiger partial charge in [0.25, 0.3) is 11.5 Å². The van der Waals surface area contributed by atoms with Gasteiger partial charge in [-0.2, -0.15) is 0 Å². The van der Waals surface area contributed by atoms with Gasteiger partial charge in [-0.1, -0.05) is 12.1 Å². The van der Waals surface area contributed by atoms with E-state index in [1.165, 1.54) is 18.5 Å². The molecule has 0 unspecified atom stereocenters. The Kier molecular flexibility index (Phi) is 3.26. The van der Waals surface area contributed by atoms with Gasteiger partial charge >= 0.3 is 0 Å². The number of amides is 1. The number of hydrogen-bond acceptors (Lipinski definition) is 4. The van der Waals surface area contributed by atoms with Crippen LogP contribution in [0.3, 0.4) is 0 Å². The second kappa shape index (κ2) is 5.10. The molecule has 2 heterocycles. The van der Waals surface area contributed by atoms with Crippen molar-refractivity contribution >= 4 is 33.1 Å². The van der Waals surface area contributed by atoms with Gasteiger partial charge in [0.15, 0.2) is 0 Å². The number of aromatic amines is 1. The zero-order chi connectivity index (χ0) is 15.0. The van der Waals surface area contributed by atoms with Crippen molar-refractivity contribution in [3.8, 4) is 0 Å². The molecule has 2 aromatic heterocycles. The number of rotatable bonds is 2. The fraction of sp³-hybridized carbons (Fsp3) is 0.0714. The maximum atomic E-state index is 13.6. The molecule has 0 aliphatic heterocycles. The number of anilines is 1. The number of carbonyl (C=O) groups excluding carboxylic acids is 1. The van der Waals surface area contributed by atoms with Crippen molar-refractivity contribution in [2.75, 3.05) is 5.32 Å². The topological polar surface area (TPSA) is 74.8 Å². The molecule has 0 radical (unpaired) electrons. The Balaban J connectivity index is 2.03. The normalized spacial score (nSPS) is 10.8. The maximum Gasteiger partial charge on any atom is 0.268 e. The monoisotopic (exact) mass is 303 g/mol. The van der Waals surface area contributed by atoms with Crippen molar-refractivity contribution in [3.63, 3.8) is 0 Å². The molecular weight excluding hydrogens is 293 g/mol. The summed E-state index contributed by atoms with van der Waals surface area (Å²) in [5, 5.41) is 2.50. The summed E-state index contributed by atoms with van der Waals surface area (Å²) in [5.41, 5.74) is 0.900. The Morgan fingerprint density at radius 2 is 2.14 bits per heavy atom. The summed E-state index contributed by atoms with van der Waals surface area (Å²) in [5.74, 6) is -0.972. The maximum absolute atomic E-state index is 13.6. The van der Waals surface area contributed by atoms with Crippen molar-refractivity contribution in [2.45, 2.75) is 6.92 Å². The predicted octanol–water partition coefficient (Wildman–Crippen LogP) is 2.68. The van der Waals surface area contributed by atoms with E-state index in [0.29, 0.717) is 20.7 Å². The van der Waals surface area contributed by atoms with E-state index in [-0.39, 0.29) is 11.2 Å². The summed E-state index contributed by atoms with van der Waals surface area (Å²) >= 11 is 1.04. The molecule has 5 nitrogen and oxygen atoms in total. The average Bonchev–Trinajstić information content (AvgIpc) is 2.81. The number of para-hydroxylation sites is 1.